The molecule has 0 aliphatic heterocycles. The van der Waals surface area contributed by atoms with Crippen molar-refractivity contribution in [2.75, 3.05) is 11.3 Å². The van der Waals surface area contributed by atoms with Crippen LogP contribution < -0.4 is 9.44 Å². The SMILES string of the molecule is O=S(=O)(Nc1cccc(C#CCCO)n1)NC1CC1. The largest absolute Gasteiger partial charge is 0.395 e. The first-order valence-corrected chi connectivity index (χ1v) is 7.44. The molecule has 1 aliphatic carbocycles. The molecule has 0 aromatic carbocycles. The van der Waals surface area contributed by atoms with E-state index in [2.05, 4.69) is 26.3 Å². The first-order chi connectivity index (χ1) is 9.09. The van der Waals surface area contributed by atoms with Crippen LogP contribution in [0.1, 0.15) is 25.0 Å². The van der Waals surface area contributed by atoms with E-state index < -0.39 is 10.2 Å². The maximum Gasteiger partial charge on any atom is 0.300 e. The monoisotopic (exact) mass is 281 g/mol. The molecule has 102 valence electrons. The van der Waals surface area contributed by atoms with Crippen molar-refractivity contribution in [3.63, 3.8) is 0 Å². The third kappa shape index (κ3) is 4.87. The molecule has 0 radical (unpaired) electrons. The van der Waals surface area contributed by atoms with Gasteiger partial charge in [-0.05, 0) is 30.9 Å². The lowest BCUT2D eigenvalue weighted by atomic mass is 10.3. The van der Waals surface area contributed by atoms with Crippen LogP contribution in [0.25, 0.3) is 0 Å². The summed E-state index contributed by atoms with van der Waals surface area (Å²) in [5.41, 5.74) is 0.458. The second kappa shape index (κ2) is 6.02. The van der Waals surface area contributed by atoms with E-state index in [1.165, 1.54) is 0 Å². The molecule has 1 saturated carbocycles. The van der Waals surface area contributed by atoms with E-state index in [4.69, 9.17) is 5.11 Å². The summed E-state index contributed by atoms with van der Waals surface area (Å²) in [6.07, 6.45) is 2.11. The highest BCUT2D eigenvalue weighted by molar-refractivity contribution is 7.90. The number of hydrogen-bond acceptors (Lipinski definition) is 4. The van der Waals surface area contributed by atoms with Crippen molar-refractivity contribution in [3.05, 3.63) is 23.9 Å². The molecule has 19 heavy (non-hydrogen) atoms. The Bertz CT molecular complexity index is 600. The Hall–Kier alpha value is -1.62. The van der Waals surface area contributed by atoms with Gasteiger partial charge in [0.2, 0.25) is 0 Å². The smallest absolute Gasteiger partial charge is 0.300 e. The molecule has 2 rings (SSSR count). The first kappa shape index (κ1) is 13.8. The van der Waals surface area contributed by atoms with Gasteiger partial charge in [0.05, 0.1) is 6.61 Å². The van der Waals surface area contributed by atoms with Crippen LogP contribution in [0, 0.1) is 11.8 Å². The van der Waals surface area contributed by atoms with Crippen molar-refractivity contribution < 1.29 is 13.5 Å². The van der Waals surface area contributed by atoms with Crippen LogP contribution in [0.15, 0.2) is 18.2 Å². The molecule has 0 atom stereocenters. The van der Waals surface area contributed by atoms with Gasteiger partial charge in [-0.25, -0.2) is 4.98 Å². The minimum atomic E-state index is -3.56. The lowest BCUT2D eigenvalue weighted by molar-refractivity contribution is 0.305. The van der Waals surface area contributed by atoms with Gasteiger partial charge in [0.25, 0.3) is 0 Å². The Morgan fingerprint density at radius 1 is 1.42 bits per heavy atom. The quantitative estimate of drug-likeness (QED) is 0.674. The van der Waals surface area contributed by atoms with Gasteiger partial charge in [-0.3, -0.25) is 4.72 Å². The van der Waals surface area contributed by atoms with Gasteiger partial charge >= 0.3 is 10.2 Å². The zero-order chi connectivity index (χ0) is 13.7. The number of aliphatic hydroxyl groups is 1. The lowest BCUT2D eigenvalue weighted by Crippen LogP contribution is -2.32. The van der Waals surface area contributed by atoms with Crippen molar-refractivity contribution in [2.24, 2.45) is 0 Å². The van der Waals surface area contributed by atoms with Crippen molar-refractivity contribution >= 4 is 16.0 Å². The number of anilines is 1. The topological polar surface area (TPSA) is 91.3 Å². The van der Waals surface area contributed by atoms with E-state index >= 15 is 0 Å². The van der Waals surface area contributed by atoms with Gasteiger partial charge in [-0.15, -0.1) is 0 Å². The number of aliphatic hydroxyl groups excluding tert-OH is 1. The molecule has 1 aliphatic rings. The molecule has 0 spiro atoms. The zero-order valence-electron chi connectivity index (χ0n) is 10.3. The molecule has 0 bridgehead atoms. The highest BCUT2D eigenvalue weighted by atomic mass is 32.2. The molecule has 7 heteroatoms. The fraction of sp³-hybridized carbons (Fsp3) is 0.417. The van der Waals surface area contributed by atoms with Crippen LogP contribution >= 0.6 is 0 Å². The average molecular weight is 281 g/mol. The van der Waals surface area contributed by atoms with Crippen molar-refractivity contribution in [1.82, 2.24) is 9.71 Å². The van der Waals surface area contributed by atoms with E-state index in [0.29, 0.717) is 12.1 Å². The van der Waals surface area contributed by atoms with Crippen LogP contribution in [0.4, 0.5) is 5.82 Å². The Morgan fingerprint density at radius 3 is 2.89 bits per heavy atom. The highest BCUT2D eigenvalue weighted by Crippen LogP contribution is 2.20. The Kier molecular flexibility index (Phi) is 4.37. The fourth-order valence-corrected chi connectivity index (χ4v) is 2.48. The number of pyridine rings is 1. The Morgan fingerprint density at radius 2 is 2.21 bits per heavy atom. The molecule has 0 saturated heterocycles. The van der Waals surface area contributed by atoms with Gasteiger partial charge in [-0.2, -0.15) is 13.1 Å². The average Bonchev–Trinajstić information content (AvgIpc) is 3.12. The van der Waals surface area contributed by atoms with Gasteiger partial charge in [0.1, 0.15) is 11.5 Å². The van der Waals surface area contributed by atoms with Crippen LogP contribution in [0.5, 0.6) is 0 Å². The predicted molar refractivity (Wildman–Crippen MR) is 71.5 cm³/mol. The standard InChI is InChI=1S/C12H15N3O3S/c16-9-2-1-4-10-5-3-6-12(13-10)15-19(17,18)14-11-7-8-11/h3,5-6,11,14,16H,2,7-9H2,(H,13,15). The summed E-state index contributed by atoms with van der Waals surface area (Å²) in [5.74, 6) is 5.70. The zero-order valence-corrected chi connectivity index (χ0v) is 11.1. The highest BCUT2D eigenvalue weighted by Gasteiger charge is 2.26. The molecule has 0 amide bonds. The number of aromatic nitrogens is 1. The second-order valence-electron chi connectivity index (χ2n) is 4.18. The molecular formula is C12H15N3O3S. The molecule has 6 nitrogen and oxygen atoms in total. The van der Waals surface area contributed by atoms with Gasteiger partial charge in [0, 0.05) is 12.5 Å². The summed E-state index contributed by atoms with van der Waals surface area (Å²) in [4.78, 5) is 4.07. The molecular weight excluding hydrogens is 266 g/mol. The molecule has 1 aromatic rings. The maximum atomic E-state index is 11.7. The van der Waals surface area contributed by atoms with Crippen molar-refractivity contribution in [3.8, 4) is 11.8 Å². The summed E-state index contributed by atoms with van der Waals surface area (Å²) >= 11 is 0. The Balaban J connectivity index is 2.04. The minimum absolute atomic E-state index is 0.00930. The number of nitrogens with one attached hydrogen (secondary N) is 2. The maximum absolute atomic E-state index is 11.7. The van der Waals surface area contributed by atoms with Crippen LogP contribution in [-0.2, 0) is 10.2 Å². The van der Waals surface area contributed by atoms with Crippen LogP contribution in [0.2, 0.25) is 0 Å². The van der Waals surface area contributed by atoms with Crippen LogP contribution in [-0.4, -0.2) is 31.2 Å². The van der Waals surface area contributed by atoms with Crippen molar-refractivity contribution in [2.45, 2.75) is 25.3 Å². The first-order valence-electron chi connectivity index (χ1n) is 5.96. The van der Waals surface area contributed by atoms with E-state index in [1.807, 2.05) is 0 Å². The van der Waals surface area contributed by atoms with Crippen molar-refractivity contribution in [1.29, 1.82) is 0 Å². The molecule has 1 heterocycles. The molecule has 1 fully saturated rings. The van der Waals surface area contributed by atoms with E-state index in [-0.39, 0.29) is 18.5 Å². The van der Waals surface area contributed by atoms with Crippen LogP contribution in [0.3, 0.4) is 0 Å². The fourth-order valence-electron chi connectivity index (χ4n) is 1.36. The predicted octanol–water partition coefficient (Wildman–Crippen LogP) is 0.224. The minimum Gasteiger partial charge on any atom is -0.395 e. The third-order valence-corrected chi connectivity index (χ3v) is 3.46. The summed E-state index contributed by atoms with van der Waals surface area (Å²) in [5, 5.41) is 8.62. The summed E-state index contributed by atoms with van der Waals surface area (Å²) in [7, 11) is -3.56. The molecule has 0 unspecified atom stereocenters. The summed E-state index contributed by atoms with van der Waals surface area (Å²) in [6.45, 7) is -0.00930. The summed E-state index contributed by atoms with van der Waals surface area (Å²) in [6, 6.07) is 4.95. The number of rotatable bonds is 5. The molecule has 3 N–H and O–H groups in total. The number of hydrogen-bond donors (Lipinski definition) is 3. The van der Waals surface area contributed by atoms with Gasteiger partial charge in [-0.1, -0.05) is 12.0 Å². The third-order valence-electron chi connectivity index (χ3n) is 2.34. The Labute approximate surface area is 112 Å². The normalized spacial score (nSPS) is 14.6. The van der Waals surface area contributed by atoms with E-state index in [9.17, 15) is 8.42 Å². The molecule has 1 aromatic heterocycles. The van der Waals surface area contributed by atoms with Gasteiger partial charge in [0.15, 0.2) is 0 Å². The lowest BCUT2D eigenvalue weighted by Gasteiger charge is -2.07. The summed E-state index contributed by atoms with van der Waals surface area (Å²) < 4.78 is 28.2. The second-order valence-corrected chi connectivity index (χ2v) is 5.63. The van der Waals surface area contributed by atoms with Gasteiger partial charge < -0.3 is 5.11 Å². The number of nitrogens with zero attached hydrogens (tertiary/aromatic N) is 1. The van der Waals surface area contributed by atoms with E-state index in [0.717, 1.165) is 12.8 Å². The van der Waals surface area contributed by atoms with E-state index in [1.54, 1.807) is 18.2 Å².